The highest BCUT2D eigenvalue weighted by Crippen LogP contribution is 2.32. The fraction of sp³-hybridized carbons (Fsp3) is 0.538. The molecule has 0 bridgehead atoms. The minimum absolute atomic E-state index is 0.0772. The molecule has 0 aliphatic carbocycles. The topological polar surface area (TPSA) is 55.5 Å². The Morgan fingerprint density at radius 2 is 2.24 bits per heavy atom. The zero-order chi connectivity index (χ0) is 12.7. The molecular formula is C13H19N2O2. The van der Waals surface area contributed by atoms with Gasteiger partial charge in [-0.25, -0.2) is 4.99 Å². The predicted molar refractivity (Wildman–Crippen MR) is 69.5 cm³/mol. The van der Waals surface area contributed by atoms with Gasteiger partial charge in [0.1, 0.15) is 0 Å². The zero-order valence-electron chi connectivity index (χ0n) is 10.2. The summed E-state index contributed by atoms with van der Waals surface area (Å²) in [6.07, 6.45) is 11.5. The van der Waals surface area contributed by atoms with Gasteiger partial charge in [-0.3, -0.25) is 10.1 Å². The molecule has 0 aromatic carbocycles. The van der Waals surface area contributed by atoms with Gasteiger partial charge in [0.15, 0.2) is 0 Å². The molecule has 1 rings (SSSR count). The van der Waals surface area contributed by atoms with Gasteiger partial charge in [-0.15, -0.1) is 0 Å². The molecule has 0 amide bonds. The van der Waals surface area contributed by atoms with E-state index in [9.17, 15) is 10.1 Å². The van der Waals surface area contributed by atoms with Crippen molar-refractivity contribution in [2.75, 3.05) is 0 Å². The zero-order valence-corrected chi connectivity index (χ0v) is 10.2. The van der Waals surface area contributed by atoms with Crippen LogP contribution in [0.4, 0.5) is 0 Å². The number of allylic oxidation sites excluding steroid dienone is 3. The number of nitro groups is 1. The Morgan fingerprint density at radius 1 is 1.47 bits per heavy atom. The average Bonchev–Trinajstić information content (AvgIpc) is 2.57. The van der Waals surface area contributed by atoms with E-state index in [-0.39, 0.29) is 10.8 Å². The molecule has 0 N–H and O–H groups in total. The molecule has 4 heteroatoms. The molecule has 0 saturated carbocycles. The van der Waals surface area contributed by atoms with Gasteiger partial charge < -0.3 is 0 Å². The highest BCUT2D eigenvalue weighted by Gasteiger charge is 2.46. The number of aliphatic imine (C=N–C) groups is 1. The molecule has 0 spiro atoms. The summed E-state index contributed by atoms with van der Waals surface area (Å²) in [5.74, 6) is -0.0772. The third-order valence-electron chi connectivity index (χ3n) is 3.12. The number of hydrogen-bond donors (Lipinski definition) is 0. The van der Waals surface area contributed by atoms with Crippen molar-refractivity contribution < 1.29 is 4.92 Å². The standard InChI is InChI=1S/C13H19N2O2/c1-3-5-9-12(4-2)13(15(16)17)10-7-6-8-11-14-13/h6-8,10-12H,1,3-5,9H2,2H3. The molecule has 1 aliphatic rings. The lowest BCUT2D eigenvalue weighted by atomic mass is 9.86. The molecule has 0 aromatic heterocycles. The molecule has 1 radical (unpaired) electrons. The third kappa shape index (κ3) is 3.02. The molecular weight excluding hydrogens is 216 g/mol. The fourth-order valence-electron chi connectivity index (χ4n) is 2.12. The molecule has 4 nitrogen and oxygen atoms in total. The lowest BCUT2D eigenvalue weighted by Crippen LogP contribution is -2.42. The van der Waals surface area contributed by atoms with Gasteiger partial charge in [0, 0.05) is 12.3 Å². The quantitative estimate of drug-likeness (QED) is 0.524. The summed E-state index contributed by atoms with van der Waals surface area (Å²) >= 11 is 0. The summed E-state index contributed by atoms with van der Waals surface area (Å²) in [5, 5.41) is 11.4. The Hall–Kier alpha value is -1.45. The Balaban J connectivity index is 3.01. The van der Waals surface area contributed by atoms with Crippen molar-refractivity contribution in [1.82, 2.24) is 0 Å². The van der Waals surface area contributed by atoms with Crippen LogP contribution in [0.15, 0.2) is 29.3 Å². The van der Waals surface area contributed by atoms with Gasteiger partial charge in [-0.2, -0.15) is 0 Å². The van der Waals surface area contributed by atoms with Crippen LogP contribution < -0.4 is 0 Å². The molecule has 0 aromatic rings. The van der Waals surface area contributed by atoms with E-state index in [0.717, 1.165) is 25.7 Å². The summed E-state index contributed by atoms with van der Waals surface area (Å²) in [7, 11) is 0. The van der Waals surface area contributed by atoms with Crippen molar-refractivity contribution >= 4 is 6.21 Å². The van der Waals surface area contributed by atoms with Crippen LogP contribution >= 0.6 is 0 Å². The largest absolute Gasteiger partial charge is 0.334 e. The maximum atomic E-state index is 11.4. The van der Waals surface area contributed by atoms with Crippen LogP contribution in [0, 0.1) is 23.0 Å². The Labute approximate surface area is 102 Å². The van der Waals surface area contributed by atoms with Crippen molar-refractivity contribution in [1.29, 1.82) is 0 Å². The van der Waals surface area contributed by atoms with Crippen LogP contribution in [0.3, 0.4) is 0 Å². The van der Waals surface area contributed by atoms with Crippen LogP contribution in [0.1, 0.15) is 32.6 Å². The summed E-state index contributed by atoms with van der Waals surface area (Å²) < 4.78 is 0. The Kier molecular flexibility index (Phi) is 5.07. The summed E-state index contributed by atoms with van der Waals surface area (Å²) in [6, 6.07) is 0. The van der Waals surface area contributed by atoms with Crippen LogP contribution in [-0.2, 0) is 0 Å². The summed E-state index contributed by atoms with van der Waals surface area (Å²) in [5.41, 5.74) is -1.30. The van der Waals surface area contributed by atoms with Gasteiger partial charge in [0.05, 0.1) is 10.8 Å². The van der Waals surface area contributed by atoms with E-state index in [0.29, 0.717) is 0 Å². The highest BCUT2D eigenvalue weighted by atomic mass is 16.6. The molecule has 2 unspecified atom stereocenters. The van der Waals surface area contributed by atoms with E-state index in [2.05, 4.69) is 11.9 Å². The van der Waals surface area contributed by atoms with Crippen LogP contribution in [-0.4, -0.2) is 16.8 Å². The van der Waals surface area contributed by atoms with Crippen molar-refractivity contribution in [3.05, 3.63) is 41.3 Å². The first-order valence-electron chi connectivity index (χ1n) is 6.00. The fourth-order valence-corrected chi connectivity index (χ4v) is 2.12. The number of rotatable bonds is 6. The van der Waals surface area contributed by atoms with Gasteiger partial charge in [-0.05, 0) is 18.9 Å². The second kappa shape index (κ2) is 6.33. The monoisotopic (exact) mass is 235 g/mol. The summed E-state index contributed by atoms with van der Waals surface area (Å²) in [6.45, 7) is 5.76. The normalized spacial score (nSPS) is 24.6. The van der Waals surface area contributed by atoms with E-state index in [1.807, 2.05) is 6.92 Å². The first kappa shape index (κ1) is 13.6. The van der Waals surface area contributed by atoms with E-state index in [4.69, 9.17) is 0 Å². The average molecular weight is 235 g/mol. The maximum absolute atomic E-state index is 11.4. The molecule has 1 heterocycles. The first-order valence-corrected chi connectivity index (χ1v) is 6.00. The van der Waals surface area contributed by atoms with Crippen molar-refractivity contribution in [3.8, 4) is 0 Å². The van der Waals surface area contributed by atoms with Crippen LogP contribution in [0.2, 0.25) is 0 Å². The third-order valence-corrected chi connectivity index (χ3v) is 3.12. The lowest BCUT2D eigenvalue weighted by Gasteiger charge is -2.26. The van der Waals surface area contributed by atoms with Crippen LogP contribution in [0.25, 0.3) is 0 Å². The number of unbranched alkanes of at least 4 members (excludes halogenated alkanes) is 1. The smallest absolute Gasteiger partial charge is 0.262 e. The lowest BCUT2D eigenvalue weighted by molar-refractivity contribution is -0.564. The first-order chi connectivity index (χ1) is 8.17. The predicted octanol–water partition coefficient (Wildman–Crippen LogP) is 3.19. The van der Waals surface area contributed by atoms with E-state index in [1.165, 1.54) is 6.21 Å². The number of nitrogens with zero attached hydrogens (tertiary/aromatic N) is 2. The van der Waals surface area contributed by atoms with E-state index >= 15 is 0 Å². The van der Waals surface area contributed by atoms with Crippen LogP contribution in [0.5, 0.6) is 0 Å². The second-order valence-corrected chi connectivity index (χ2v) is 4.16. The van der Waals surface area contributed by atoms with Gasteiger partial charge in [0.25, 0.3) is 0 Å². The van der Waals surface area contributed by atoms with Gasteiger partial charge in [-0.1, -0.05) is 38.8 Å². The minimum atomic E-state index is -1.30. The minimum Gasteiger partial charge on any atom is -0.262 e. The highest BCUT2D eigenvalue weighted by molar-refractivity contribution is 5.72. The van der Waals surface area contributed by atoms with Gasteiger partial charge >= 0.3 is 5.66 Å². The van der Waals surface area contributed by atoms with Gasteiger partial charge in [0.2, 0.25) is 0 Å². The second-order valence-electron chi connectivity index (χ2n) is 4.16. The Bertz CT molecular complexity index is 329. The van der Waals surface area contributed by atoms with Crippen molar-refractivity contribution in [2.45, 2.75) is 38.3 Å². The SMILES string of the molecule is [CH2]CCCC(CC)C1([N+](=O)[O-])C=CC=CC=N1. The molecule has 93 valence electrons. The summed E-state index contributed by atoms with van der Waals surface area (Å²) in [4.78, 5) is 15.3. The van der Waals surface area contributed by atoms with E-state index < -0.39 is 5.66 Å². The molecule has 1 aliphatic heterocycles. The Morgan fingerprint density at radius 3 is 2.82 bits per heavy atom. The van der Waals surface area contributed by atoms with Crippen molar-refractivity contribution in [2.24, 2.45) is 10.9 Å². The molecule has 2 atom stereocenters. The van der Waals surface area contributed by atoms with Crippen molar-refractivity contribution in [3.63, 3.8) is 0 Å². The maximum Gasteiger partial charge on any atom is 0.334 e. The number of hydrogen-bond acceptors (Lipinski definition) is 3. The molecule has 0 fully saturated rings. The molecule has 17 heavy (non-hydrogen) atoms. The molecule has 0 saturated heterocycles. The van der Waals surface area contributed by atoms with E-state index in [1.54, 1.807) is 24.3 Å².